The minimum atomic E-state index is -0.432. The average Bonchev–Trinajstić information content (AvgIpc) is 2.30. The summed E-state index contributed by atoms with van der Waals surface area (Å²) in [4.78, 5) is 11.1. The number of carbonyl (C=O) groups excluding carboxylic acids is 1. The van der Waals surface area contributed by atoms with Crippen LogP contribution in [0.25, 0.3) is 0 Å². The van der Waals surface area contributed by atoms with Crippen LogP contribution < -0.4 is 4.74 Å². The zero-order chi connectivity index (χ0) is 12.0. The Morgan fingerprint density at radius 2 is 2.19 bits per heavy atom. The summed E-state index contributed by atoms with van der Waals surface area (Å²) >= 11 is 0. The Bertz CT molecular complexity index is 371. The summed E-state index contributed by atoms with van der Waals surface area (Å²) in [6.07, 6.45) is 0.813. The van der Waals surface area contributed by atoms with Gasteiger partial charge in [-0.25, -0.2) is 4.79 Å². The monoisotopic (exact) mass is 220 g/mol. The largest absolute Gasteiger partial charge is 0.493 e. The first-order valence-electron chi connectivity index (χ1n) is 5.23. The SMILES string of the molecule is C=CC(=O)OC(C)c1ccccc1OCC. The molecule has 16 heavy (non-hydrogen) atoms. The molecule has 0 spiro atoms. The van der Waals surface area contributed by atoms with E-state index in [1.165, 1.54) is 0 Å². The first-order valence-corrected chi connectivity index (χ1v) is 5.23. The van der Waals surface area contributed by atoms with E-state index in [4.69, 9.17) is 9.47 Å². The Kier molecular flexibility index (Phi) is 4.58. The lowest BCUT2D eigenvalue weighted by Crippen LogP contribution is -2.07. The molecule has 0 aliphatic carbocycles. The third-order valence-electron chi connectivity index (χ3n) is 2.12. The first kappa shape index (κ1) is 12.3. The Morgan fingerprint density at radius 1 is 1.50 bits per heavy atom. The second-order valence-corrected chi connectivity index (χ2v) is 3.25. The van der Waals surface area contributed by atoms with Crippen molar-refractivity contribution in [3.8, 4) is 5.75 Å². The van der Waals surface area contributed by atoms with Gasteiger partial charge in [-0.3, -0.25) is 0 Å². The highest BCUT2D eigenvalue weighted by atomic mass is 16.5. The molecule has 0 radical (unpaired) electrons. The van der Waals surface area contributed by atoms with Crippen LogP contribution in [0.3, 0.4) is 0 Å². The van der Waals surface area contributed by atoms with Crippen LogP contribution in [0, 0.1) is 0 Å². The summed E-state index contributed by atoms with van der Waals surface area (Å²) in [5.41, 5.74) is 0.861. The van der Waals surface area contributed by atoms with Crippen LogP contribution >= 0.6 is 0 Å². The highest BCUT2D eigenvalue weighted by Gasteiger charge is 2.13. The summed E-state index contributed by atoms with van der Waals surface area (Å²) < 4.78 is 10.6. The molecular formula is C13H16O3. The molecule has 0 heterocycles. The van der Waals surface area contributed by atoms with Gasteiger partial charge in [-0.2, -0.15) is 0 Å². The van der Waals surface area contributed by atoms with Crippen molar-refractivity contribution in [1.82, 2.24) is 0 Å². The highest BCUT2D eigenvalue weighted by Crippen LogP contribution is 2.27. The van der Waals surface area contributed by atoms with E-state index in [9.17, 15) is 4.79 Å². The number of para-hydroxylation sites is 1. The third kappa shape index (κ3) is 3.12. The van der Waals surface area contributed by atoms with Crippen LogP contribution in [-0.4, -0.2) is 12.6 Å². The van der Waals surface area contributed by atoms with Crippen molar-refractivity contribution in [2.45, 2.75) is 20.0 Å². The molecule has 1 rings (SSSR count). The molecule has 0 saturated carbocycles. The van der Waals surface area contributed by atoms with Gasteiger partial charge in [0.25, 0.3) is 0 Å². The number of benzene rings is 1. The van der Waals surface area contributed by atoms with Crippen LogP contribution in [0.15, 0.2) is 36.9 Å². The lowest BCUT2D eigenvalue weighted by atomic mass is 10.1. The van der Waals surface area contributed by atoms with E-state index in [0.717, 1.165) is 17.4 Å². The zero-order valence-corrected chi connectivity index (χ0v) is 9.60. The summed E-state index contributed by atoms with van der Waals surface area (Å²) in [6, 6.07) is 7.51. The van der Waals surface area contributed by atoms with E-state index < -0.39 is 5.97 Å². The fourth-order valence-corrected chi connectivity index (χ4v) is 1.39. The Labute approximate surface area is 95.7 Å². The van der Waals surface area contributed by atoms with E-state index >= 15 is 0 Å². The molecule has 3 heteroatoms. The van der Waals surface area contributed by atoms with Crippen molar-refractivity contribution in [2.24, 2.45) is 0 Å². The molecule has 0 N–H and O–H groups in total. The molecule has 0 fully saturated rings. The summed E-state index contributed by atoms with van der Waals surface area (Å²) in [7, 11) is 0. The van der Waals surface area contributed by atoms with Crippen LogP contribution in [0.1, 0.15) is 25.5 Å². The van der Waals surface area contributed by atoms with Gasteiger partial charge in [0.15, 0.2) is 0 Å². The molecule has 86 valence electrons. The van der Waals surface area contributed by atoms with Crippen LogP contribution in [-0.2, 0) is 9.53 Å². The van der Waals surface area contributed by atoms with Crippen molar-refractivity contribution in [3.05, 3.63) is 42.5 Å². The first-order chi connectivity index (χ1) is 7.69. The molecule has 1 atom stereocenters. The predicted octanol–water partition coefficient (Wildman–Crippen LogP) is 2.88. The minimum Gasteiger partial charge on any atom is -0.493 e. The Hall–Kier alpha value is -1.77. The summed E-state index contributed by atoms with van der Waals surface area (Å²) in [5, 5.41) is 0. The average molecular weight is 220 g/mol. The molecule has 0 aliphatic heterocycles. The van der Waals surface area contributed by atoms with Gasteiger partial charge in [0.1, 0.15) is 11.9 Å². The van der Waals surface area contributed by atoms with E-state index in [-0.39, 0.29) is 6.10 Å². The van der Waals surface area contributed by atoms with Crippen molar-refractivity contribution < 1.29 is 14.3 Å². The summed E-state index contributed by atoms with van der Waals surface area (Å²) in [6.45, 7) is 7.66. The second-order valence-electron chi connectivity index (χ2n) is 3.25. The zero-order valence-electron chi connectivity index (χ0n) is 9.60. The predicted molar refractivity (Wildman–Crippen MR) is 62.3 cm³/mol. The van der Waals surface area contributed by atoms with Crippen LogP contribution in [0.4, 0.5) is 0 Å². The van der Waals surface area contributed by atoms with Gasteiger partial charge in [0, 0.05) is 11.6 Å². The molecule has 1 aromatic rings. The van der Waals surface area contributed by atoms with Crippen molar-refractivity contribution >= 4 is 5.97 Å². The van der Waals surface area contributed by atoms with Gasteiger partial charge in [-0.15, -0.1) is 0 Å². The quantitative estimate of drug-likeness (QED) is 0.565. The minimum absolute atomic E-state index is 0.340. The smallest absolute Gasteiger partial charge is 0.330 e. The van der Waals surface area contributed by atoms with Crippen LogP contribution in [0.5, 0.6) is 5.75 Å². The Morgan fingerprint density at radius 3 is 2.81 bits per heavy atom. The van der Waals surface area contributed by atoms with E-state index in [1.807, 2.05) is 31.2 Å². The maximum Gasteiger partial charge on any atom is 0.330 e. The number of carbonyl (C=O) groups is 1. The number of esters is 1. The van der Waals surface area contributed by atoms with E-state index in [0.29, 0.717) is 6.61 Å². The second kappa shape index (κ2) is 5.95. The van der Waals surface area contributed by atoms with Crippen molar-refractivity contribution in [3.63, 3.8) is 0 Å². The number of hydrogen-bond donors (Lipinski definition) is 0. The molecule has 0 aromatic heterocycles. The van der Waals surface area contributed by atoms with E-state index in [1.54, 1.807) is 6.92 Å². The van der Waals surface area contributed by atoms with Gasteiger partial charge in [0.05, 0.1) is 6.61 Å². The molecule has 0 aliphatic rings. The fourth-order valence-electron chi connectivity index (χ4n) is 1.39. The molecule has 1 unspecified atom stereocenters. The van der Waals surface area contributed by atoms with Crippen LogP contribution in [0.2, 0.25) is 0 Å². The summed E-state index contributed by atoms with van der Waals surface area (Å²) in [5.74, 6) is 0.313. The normalized spacial score (nSPS) is 11.6. The molecule has 0 bridgehead atoms. The maximum absolute atomic E-state index is 11.1. The van der Waals surface area contributed by atoms with Gasteiger partial charge in [-0.1, -0.05) is 24.8 Å². The van der Waals surface area contributed by atoms with Crippen molar-refractivity contribution in [2.75, 3.05) is 6.61 Å². The fraction of sp³-hybridized carbons (Fsp3) is 0.308. The number of rotatable bonds is 5. The van der Waals surface area contributed by atoms with Gasteiger partial charge in [-0.05, 0) is 19.9 Å². The van der Waals surface area contributed by atoms with Gasteiger partial charge < -0.3 is 9.47 Å². The number of hydrogen-bond acceptors (Lipinski definition) is 3. The van der Waals surface area contributed by atoms with Gasteiger partial charge >= 0.3 is 5.97 Å². The molecule has 3 nitrogen and oxygen atoms in total. The molecular weight excluding hydrogens is 204 g/mol. The lowest BCUT2D eigenvalue weighted by molar-refractivity contribution is -0.142. The standard InChI is InChI=1S/C13H16O3/c1-4-13(14)16-10(3)11-8-6-7-9-12(11)15-5-2/h4,6-10H,1,5H2,2-3H3. The highest BCUT2D eigenvalue weighted by molar-refractivity contribution is 5.81. The van der Waals surface area contributed by atoms with E-state index in [2.05, 4.69) is 6.58 Å². The Balaban J connectivity index is 2.84. The third-order valence-corrected chi connectivity index (χ3v) is 2.12. The maximum atomic E-state index is 11.1. The topological polar surface area (TPSA) is 35.5 Å². The molecule has 1 aromatic carbocycles. The van der Waals surface area contributed by atoms with Crippen molar-refractivity contribution in [1.29, 1.82) is 0 Å². The van der Waals surface area contributed by atoms with Gasteiger partial charge in [0.2, 0.25) is 0 Å². The lowest BCUT2D eigenvalue weighted by Gasteiger charge is -2.16. The molecule has 0 saturated heterocycles. The number of ether oxygens (including phenoxy) is 2. The molecule has 0 amide bonds.